The Labute approximate surface area is 152 Å². The number of carbonyl (C=O) groups excluding carboxylic acids is 2. The molecule has 2 aromatic rings. The normalized spacial score (nSPS) is 18.2. The van der Waals surface area contributed by atoms with Crippen molar-refractivity contribution in [3.8, 4) is 0 Å². The first-order chi connectivity index (χ1) is 11.7. The molecule has 1 aliphatic rings. The number of likely N-dealkylation sites (tertiary alicyclic amines) is 1. The number of benzene rings is 1. The van der Waals surface area contributed by atoms with Gasteiger partial charge in [-0.1, -0.05) is 11.6 Å². The predicted octanol–water partition coefficient (Wildman–Crippen LogP) is 3.13. The van der Waals surface area contributed by atoms with E-state index in [4.69, 9.17) is 11.6 Å². The van der Waals surface area contributed by atoms with Gasteiger partial charge in [-0.2, -0.15) is 0 Å². The topological polar surface area (TPSA) is 65.2 Å². The number of H-pyrrole nitrogens is 1. The van der Waals surface area contributed by atoms with Crippen molar-refractivity contribution in [2.75, 3.05) is 13.1 Å². The molecule has 1 saturated heterocycles. The highest BCUT2D eigenvalue weighted by molar-refractivity contribution is 6.31. The summed E-state index contributed by atoms with van der Waals surface area (Å²) in [5.41, 5.74) is 1.89. The average molecular weight is 362 g/mol. The van der Waals surface area contributed by atoms with Gasteiger partial charge < -0.3 is 15.2 Å². The minimum absolute atomic E-state index is 0.0396. The van der Waals surface area contributed by atoms with Crippen LogP contribution in [0.2, 0.25) is 5.02 Å². The summed E-state index contributed by atoms with van der Waals surface area (Å²) < 4.78 is 0. The van der Waals surface area contributed by atoms with E-state index in [1.165, 1.54) is 0 Å². The van der Waals surface area contributed by atoms with Crippen LogP contribution in [0.25, 0.3) is 10.9 Å². The molecule has 0 bridgehead atoms. The first-order valence-electron chi connectivity index (χ1n) is 8.58. The van der Waals surface area contributed by atoms with Crippen molar-refractivity contribution in [2.24, 2.45) is 5.92 Å². The fourth-order valence-corrected chi connectivity index (χ4v) is 3.42. The third-order valence-electron chi connectivity index (χ3n) is 4.46. The Hall–Kier alpha value is -2.01. The molecule has 0 saturated carbocycles. The first-order valence-corrected chi connectivity index (χ1v) is 8.96. The van der Waals surface area contributed by atoms with Gasteiger partial charge in [-0.3, -0.25) is 9.59 Å². The van der Waals surface area contributed by atoms with Gasteiger partial charge >= 0.3 is 0 Å². The maximum Gasteiger partial charge on any atom is 0.225 e. The van der Waals surface area contributed by atoms with Crippen LogP contribution < -0.4 is 5.32 Å². The molecule has 1 aliphatic heterocycles. The molecule has 6 heteroatoms. The Morgan fingerprint density at radius 2 is 2.16 bits per heavy atom. The number of nitrogens with zero attached hydrogens (tertiary/aromatic N) is 1. The van der Waals surface area contributed by atoms with Crippen molar-refractivity contribution in [1.29, 1.82) is 0 Å². The molecule has 2 amide bonds. The number of fused-ring (bicyclic) bond motifs is 1. The monoisotopic (exact) mass is 361 g/mol. The van der Waals surface area contributed by atoms with E-state index < -0.39 is 0 Å². The molecule has 1 unspecified atom stereocenters. The Balaban J connectivity index is 1.62. The largest absolute Gasteiger partial charge is 0.361 e. The molecule has 1 atom stereocenters. The molecule has 1 aromatic heterocycles. The molecule has 3 rings (SSSR count). The Morgan fingerprint density at radius 1 is 1.40 bits per heavy atom. The van der Waals surface area contributed by atoms with Gasteiger partial charge in [0.25, 0.3) is 0 Å². The molecule has 25 heavy (non-hydrogen) atoms. The summed E-state index contributed by atoms with van der Waals surface area (Å²) in [7, 11) is 0. The number of hydrogen-bond donors (Lipinski definition) is 2. The van der Waals surface area contributed by atoms with Gasteiger partial charge in [-0.05, 0) is 51.0 Å². The second-order valence-corrected chi connectivity index (χ2v) is 8.17. The smallest absolute Gasteiger partial charge is 0.225 e. The van der Waals surface area contributed by atoms with Gasteiger partial charge in [-0.15, -0.1) is 0 Å². The minimum Gasteiger partial charge on any atom is -0.361 e. The van der Waals surface area contributed by atoms with Crippen LogP contribution in [0.5, 0.6) is 0 Å². The summed E-state index contributed by atoms with van der Waals surface area (Å²) in [6, 6.07) is 5.75. The number of rotatable bonds is 4. The Bertz CT molecular complexity index is 807. The van der Waals surface area contributed by atoms with Crippen LogP contribution in [-0.4, -0.2) is 40.3 Å². The van der Waals surface area contributed by atoms with Gasteiger partial charge in [0, 0.05) is 47.2 Å². The second kappa shape index (κ2) is 6.71. The van der Waals surface area contributed by atoms with Crippen LogP contribution in [-0.2, 0) is 16.0 Å². The summed E-state index contributed by atoms with van der Waals surface area (Å²) in [4.78, 5) is 29.6. The van der Waals surface area contributed by atoms with E-state index in [9.17, 15) is 9.59 Å². The zero-order valence-electron chi connectivity index (χ0n) is 14.9. The SMILES string of the molecule is CC(C)(C)NC(=O)C1CC(=O)N(CCc2c[nH]c3ccc(Cl)cc23)C1. The van der Waals surface area contributed by atoms with Gasteiger partial charge in [0.2, 0.25) is 11.8 Å². The fourth-order valence-electron chi connectivity index (χ4n) is 3.25. The first kappa shape index (κ1) is 17.8. The lowest BCUT2D eigenvalue weighted by atomic mass is 10.0. The van der Waals surface area contributed by atoms with Crippen molar-refractivity contribution in [1.82, 2.24) is 15.2 Å². The predicted molar refractivity (Wildman–Crippen MR) is 99.6 cm³/mol. The van der Waals surface area contributed by atoms with Gasteiger partial charge in [-0.25, -0.2) is 0 Å². The molecule has 1 fully saturated rings. The van der Waals surface area contributed by atoms with E-state index in [0.29, 0.717) is 24.5 Å². The van der Waals surface area contributed by atoms with Crippen LogP contribution in [0.4, 0.5) is 0 Å². The number of halogens is 1. The van der Waals surface area contributed by atoms with Crippen molar-refractivity contribution in [3.05, 3.63) is 35.0 Å². The second-order valence-electron chi connectivity index (χ2n) is 7.73. The Morgan fingerprint density at radius 3 is 2.88 bits per heavy atom. The molecule has 2 N–H and O–H groups in total. The zero-order chi connectivity index (χ0) is 18.2. The molecule has 2 heterocycles. The number of aromatic nitrogens is 1. The number of amides is 2. The van der Waals surface area contributed by atoms with Crippen LogP contribution in [0.15, 0.2) is 24.4 Å². The maximum atomic E-state index is 12.3. The molecule has 0 spiro atoms. The number of carbonyl (C=O) groups is 2. The highest BCUT2D eigenvalue weighted by Crippen LogP contribution is 2.24. The maximum absolute atomic E-state index is 12.3. The molecule has 1 aromatic carbocycles. The van der Waals surface area contributed by atoms with Crippen LogP contribution in [0.3, 0.4) is 0 Å². The number of nitrogens with one attached hydrogen (secondary N) is 2. The molecule has 0 radical (unpaired) electrons. The third-order valence-corrected chi connectivity index (χ3v) is 4.70. The van der Waals surface area contributed by atoms with Crippen molar-refractivity contribution in [2.45, 2.75) is 39.2 Å². The fraction of sp³-hybridized carbons (Fsp3) is 0.474. The average Bonchev–Trinajstić information content (AvgIpc) is 3.07. The molecule has 5 nitrogen and oxygen atoms in total. The minimum atomic E-state index is -0.281. The van der Waals surface area contributed by atoms with Crippen LogP contribution >= 0.6 is 11.6 Å². The summed E-state index contributed by atoms with van der Waals surface area (Å²) in [5.74, 6) is -0.252. The molecular formula is C19H24ClN3O2. The lowest BCUT2D eigenvalue weighted by molar-refractivity contribution is -0.129. The van der Waals surface area contributed by atoms with E-state index >= 15 is 0 Å². The molecule has 134 valence electrons. The van der Waals surface area contributed by atoms with E-state index in [1.54, 1.807) is 4.90 Å². The van der Waals surface area contributed by atoms with Crippen molar-refractivity contribution < 1.29 is 9.59 Å². The van der Waals surface area contributed by atoms with E-state index in [0.717, 1.165) is 22.9 Å². The lowest BCUT2D eigenvalue weighted by Gasteiger charge is -2.23. The van der Waals surface area contributed by atoms with Gasteiger partial charge in [0.05, 0.1) is 5.92 Å². The molecular weight excluding hydrogens is 338 g/mol. The van der Waals surface area contributed by atoms with Gasteiger partial charge in [0.1, 0.15) is 0 Å². The summed E-state index contributed by atoms with van der Waals surface area (Å²) in [5, 5.41) is 4.75. The van der Waals surface area contributed by atoms with Crippen molar-refractivity contribution >= 4 is 34.3 Å². The van der Waals surface area contributed by atoms with E-state index in [1.807, 2.05) is 45.2 Å². The van der Waals surface area contributed by atoms with Crippen LogP contribution in [0, 0.1) is 5.92 Å². The lowest BCUT2D eigenvalue weighted by Crippen LogP contribution is -2.44. The zero-order valence-corrected chi connectivity index (χ0v) is 15.6. The van der Waals surface area contributed by atoms with Crippen LogP contribution in [0.1, 0.15) is 32.8 Å². The highest BCUT2D eigenvalue weighted by Gasteiger charge is 2.35. The summed E-state index contributed by atoms with van der Waals surface area (Å²) in [6.07, 6.45) is 2.99. The van der Waals surface area contributed by atoms with E-state index in [-0.39, 0.29) is 23.3 Å². The third kappa shape index (κ3) is 4.15. The summed E-state index contributed by atoms with van der Waals surface area (Å²) >= 11 is 6.08. The Kier molecular flexibility index (Phi) is 4.78. The number of hydrogen-bond acceptors (Lipinski definition) is 2. The standard InChI is InChI=1S/C19H24ClN3O2/c1-19(2,3)22-18(25)13-8-17(24)23(11-13)7-6-12-10-21-16-5-4-14(20)9-15(12)16/h4-5,9-10,13,21H,6-8,11H2,1-3H3,(H,22,25). The molecule has 0 aliphatic carbocycles. The summed E-state index contributed by atoms with van der Waals surface area (Å²) in [6.45, 7) is 6.94. The number of aromatic amines is 1. The quantitative estimate of drug-likeness (QED) is 0.878. The van der Waals surface area contributed by atoms with E-state index in [2.05, 4.69) is 10.3 Å². The highest BCUT2D eigenvalue weighted by atomic mass is 35.5. The van der Waals surface area contributed by atoms with Gasteiger partial charge in [0.15, 0.2) is 0 Å². The van der Waals surface area contributed by atoms with Crippen molar-refractivity contribution in [3.63, 3.8) is 0 Å².